The number of para-hydroxylation sites is 2. The minimum atomic E-state index is -0.304. The Kier molecular flexibility index (Phi) is 6.65. The first-order valence-corrected chi connectivity index (χ1v) is 10.3. The van der Waals surface area contributed by atoms with E-state index in [1.165, 1.54) is 12.1 Å². The quantitative estimate of drug-likeness (QED) is 0.566. The number of carbonyl (C=O) groups excluding carboxylic acids is 1. The fourth-order valence-corrected chi connectivity index (χ4v) is 3.55. The number of carbonyl (C=O) groups is 1. The summed E-state index contributed by atoms with van der Waals surface area (Å²) in [4.78, 5) is 20.5. The molecular formula is C25H24FN3O3. The lowest BCUT2D eigenvalue weighted by Crippen LogP contribution is -2.40. The van der Waals surface area contributed by atoms with Crippen LogP contribution in [0.25, 0.3) is 0 Å². The molecule has 1 atom stereocenters. The van der Waals surface area contributed by atoms with E-state index in [2.05, 4.69) is 10.5 Å². The predicted molar refractivity (Wildman–Crippen MR) is 121 cm³/mol. The number of halogens is 1. The van der Waals surface area contributed by atoms with Crippen LogP contribution in [0.3, 0.4) is 0 Å². The molecule has 1 aliphatic heterocycles. The molecule has 0 radical (unpaired) electrons. The van der Waals surface area contributed by atoms with Crippen molar-refractivity contribution in [3.8, 4) is 5.75 Å². The van der Waals surface area contributed by atoms with Gasteiger partial charge in [-0.25, -0.2) is 9.18 Å². The van der Waals surface area contributed by atoms with Gasteiger partial charge in [-0.15, -0.1) is 0 Å². The number of oxime groups is 1. The minimum absolute atomic E-state index is 0.266. The van der Waals surface area contributed by atoms with Crippen molar-refractivity contribution in [3.05, 3.63) is 95.8 Å². The second kappa shape index (κ2) is 9.96. The summed E-state index contributed by atoms with van der Waals surface area (Å²) in [6, 6.07) is 22.9. The van der Waals surface area contributed by atoms with Crippen molar-refractivity contribution < 1.29 is 18.8 Å². The number of rotatable bonds is 7. The van der Waals surface area contributed by atoms with Gasteiger partial charge >= 0.3 is 6.03 Å². The summed E-state index contributed by atoms with van der Waals surface area (Å²) in [6.07, 6.45) is 0.223. The monoisotopic (exact) mass is 433 g/mol. The lowest BCUT2D eigenvalue weighted by molar-refractivity contribution is 0.0608. The van der Waals surface area contributed by atoms with Crippen molar-refractivity contribution in [2.45, 2.75) is 19.1 Å². The molecule has 0 saturated heterocycles. The number of benzene rings is 3. The van der Waals surface area contributed by atoms with Crippen molar-refractivity contribution in [2.24, 2.45) is 5.16 Å². The largest absolute Gasteiger partial charge is 0.495 e. The Morgan fingerprint density at radius 1 is 1.09 bits per heavy atom. The number of hydrogen-bond donors (Lipinski definition) is 1. The first-order chi connectivity index (χ1) is 15.6. The molecule has 0 aromatic heterocycles. The molecule has 0 saturated carbocycles. The van der Waals surface area contributed by atoms with Crippen LogP contribution in [0.5, 0.6) is 5.75 Å². The summed E-state index contributed by atoms with van der Waals surface area (Å²) in [7, 11) is 1.56. The van der Waals surface area contributed by atoms with E-state index in [0.717, 1.165) is 16.8 Å². The highest BCUT2D eigenvalue weighted by Gasteiger charge is 2.27. The number of methoxy groups -OCH3 is 1. The zero-order chi connectivity index (χ0) is 22.3. The van der Waals surface area contributed by atoms with E-state index in [9.17, 15) is 9.18 Å². The molecule has 0 spiro atoms. The smallest absolute Gasteiger partial charge is 0.322 e. The van der Waals surface area contributed by atoms with Gasteiger partial charge in [0.1, 0.15) is 11.6 Å². The molecule has 32 heavy (non-hydrogen) atoms. The van der Waals surface area contributed by atoms with E-state index >= 15 is 0 Å². The van der Waals surface area contributed by atoms with Crippen LogP contribution in [0.1, 0.15) is 17.5 Å². The van der Waals surface area contributed by atoms with E-state index in [1.54, 1.807) is 36.3 Å². The summed E-state index contributed by atoms with van der Waals surface area (Å²) in [5.74, 6) is 0.284. The zero-order valence-corrected chi connectivity index (χ0v) is 17.7. The molecule has 1 N–H and O–H groups in total. The topological polar surface area (TPSA) is 63.2 Å². The third kappa shape index (κ3) is 5.24. The number of amides is 2. The van der Waals surface area contributed by atoms with E-state index in [0.29, 0.717) is 30.9 Å². The number of hydrogen-bond acceptors (Lipinski definition) is 4. The van der Waals surface area contributed by atoms with Gasteiger partial charge in [-0.05, 0) is 35.4 Å². The molecule has 0 aliphatic carbocycles. The summed E-state index contributed by atoms with van der Waals surface area (Å²) >= 11 is 0. The molecule has 3 aromatic rings. The lowest BCUT2D eigenvalue weighted by atomic mass is 10.0. The molecule has 3 aromatic carbocycles. The summed E-state index contributed by atoms with van der Waals surface area (Å²) in [5.41, 5.74) is 3.13. The standard InChI is InChI=1S/C25H24FN3O3/c1-31-24-10-6-5-9-22(24)27-25(30)29(16-18-7-3-2-4-8-18)17-21-15-23(28-32-21)19-11-13-20(26)14-12-19/h2-14,21H,15-17H2,1H3,(H,27,30)/t21-/m1/s1. The number of nitrogens with one attached hydrogen (secondary N) is 1. The second-order valence-electron chi connectivity index (χ2n) is 7.47. The minimum Gasteiger partial charge on any atom is -0.495 e. The average molecular weight is 433 g/mol. The highest BCUT2D eigenvalue weighted by atomic mass is 19.1. The normalized spacial score (nSPS) is 14.9. The Labute approximate surface area is 186 Å². The third-order valence-corrected chi connectivity index (χ3v) is 5.19. The molecule has 1 aliphatic rings. The Morgan fingerprint density at radius 3 is 2.56 bits per heavy atom. The zero-order valence-electron chi connectivity index (χ0n) is 17.7. The number of urea groups is 1. The van der Waals surface area contributed by atoms with Crippen LogP contribution in [0.4, 0.5) is 14.9 Å². The van der Waals surface area contributed by atoms with E-state index < -0.39 is 0 Å². The number of anilines is 1. The molecule has 4 rings (SSSR count). The van der Waals surface area contributed by atoms with Gasteiger partial charge in [-0.2, -0.15) is 0 Å². The van der Waals surface area contributed by atoms with Crippen LogP contribution < -0.4 is 10.1 Å². The van der Waals surface area contributed by atoms with Crippen molar-refractivity contribution in [1.82, 2.24) is 4.90 Å². The van der Waals surface area contributed by atoms with Gasteiger partial charge in [0.05, 0.1) is 25.1 Å². The van der Waals surface area contributed by atoms with E-state index in [4.69, 9.17) is 9.57 Å². The van der Waals surface area contributed by atoms with Gasteiger partial charge < -0.3 is 19.8 Å². The van der Waals surface area contributed by atoms with Crippen molar-refractivity contribution >= 4 is 17.4 Å². The van der Waals surface area contributed by atoms with Crippen LogP contribution >= 0.6 is 0 Å². The molecule has 0 fully saturated rings. The van der Waals surface area contributed by atoms with E-state index in [1.807, 2.05) is 42.5 Å². The molecule has 2 amide bonds. The summed E-state index contributed by atoms with van der Waals surface area (Å²) in [5, 5.41) is 7.10. The maximum Gasteiger partial charge on any atom is 0.322 e. The first-order valence-electron chi connectivity index (χ1n) is 10.3. The SMILES string of the molecule is COc1ccccc1NC(=O)N(Cc1ccccc1)C[C@H]1CC(c2ccc(F)cc2)=NO1. The molecular weight excluding hydrogens is 409 g/mol. The van der Waals surface area contributed by atoms with Gasteiger partial charge in [-0.3, -0.25) is 0 Å². The Hall–Kier alpha value is -3.87. The Balaban J connectivity index is 1.47. The maximum atomic E-state index is 13.2. The molecule has 0 unspecified atom stereocenters. The molecule has 1 heterocycles. The summed E-state index contributed by atoms with van der Waals surface area (Å²) in [6.45, 7) is 0.748. The molecule has 7 heteroatoms. The van der Waals surface area contributed by atoms with Crippen molar-refractivity contribution in [1.29, 1.82) is 0 Å². The summed E-state index contributed by atoms with van der Waals surface area (Å²) < 4.78 is 18.6. The van der Waals surface area contributed by atoms with Gasteiger partial charge in [0.15, 0.2) is 6.10 Å². The van der Waals surface area contributed by atoms with Crippen molar-refractivity contribution in [3.63, 3.8) is 0 Å². The average Bonchev–Trinajstić information content (AvgIpc) is 3.28. The van der Waals surface area contributed by atoms with Crippen LogP contribution in [0.2, 0.25) is 0 Å². The van der Waals surface area contributed by atoms with Crippen LogP contribution in [-0.2, 0) is 11.4 Å². The number of nitrogens with zero attached hydrogens (tertiary/aromatic N) is 2. The predicted octanol–water partition coefficient (Wildman–Crippen LogP) is 5.06. The fourth-order valence-electron chi connectivity index (χ4n) is 3.55. The third-order valence-electron chi connectivity index (χ3n) is 5.19. The highest BCUT2D eigenvalue weighted by molar-refractivity contribution is 6.01. The highest BCUT2D eigenvalue weighted by Crippen LogP contribution is 2.24. The van der Waals surface area contributed by atoms with Gasteiger partial charge in [0.25, 0.3) is 0 Å². The maximum absolute atomic E-state index is 13.2. The van der Waals surface area contributed by atoms with Gasteiger partial charge in [-0.1, -0.05) is 59.8 Å². The van der Waals surface area contributed by atoms with Crippen LogP contribution in [-0.4, -0.2) is 36.4 Å². The molecule has 0 bridgehead atoms. The Morgan fingerprint density at radius 2 is 1.81 bits per heavy atom. The van der Waals surface area contributed by atoms with Crippen LogP contribution in [0.15, 0.2) is 84.0 Å². The first kappa shape index (κ1) is 21.4. The molecule has 164 valence electrons. The van der Waals surface area contributed by atoms with Gasteiger partial charge in [0.2, 0.25) is 0 Å². The van der Waals surface area contributed by atoms with Crippen molar-refractivity contribution in [2.75, 3.05) is 19.0 Å². The van der Waals surface area contributed by atoms with Crippen LogP contribution in [0, 0.1) is 5.82 Å². The lowest BCUT2D eigenvalue weighted by Gasteiger charge is -2.25. The number of ether oxygens (including phenoxy) is 1. The Bertz CT molecular complexity index is 1090. The molecule has 6 nitrogen and oxygen atoms in total. The second-order valence-corrected chi connectivity index (χ2v) is 7.47. The van der Waals surface area contributed by atoms with Gasteiger partial charge in [0, 0.05) is 13.0 Å². The fraction of sp³-hybridized carbons (Fsp3) is 0.200. The van der Waals surface area contributed by atoms with E-state index in [-0.39, 0.29) is 18.0 Å².